The van der Waals surface area contributed by atoms with Crippen molar-refractivity contribution >= 4 is 5.96 Å². The van der Waals surface area contributed by atoms with Crippen molar-refractivity contribution in [3.05, 3.63) is 47.5 Å². The van der Waals surface area contributed by atoms with Gasteiger partial charge in [0.15, 0.2) is 5.96 Å². The molecule has 6 nitrogen and oxygen atoms in total. The first-order valence-electron chi connectivity index (χ1n) is 9.95. The maximum absolute atomic E-state index is 12.9. The van der Waals surface area contributed by atoms with Crippen molar-refractivity contribution in [1.82, 2.24) is 25.4 Å². The molecule has 2 unspecified atom stereocenters. The standard InChI is InChI=1S/C20H27F3N6/c1-3-24-19(28-17-7-8-18-26-13-27-29(18)12-17)25-10-9-14(2)15-5-4-6-16(11-15)20(21,22)23/h4-6,11,13-14,17H,3,7-10,12H2,1-2H3,(H2,24,25,28). The van der Waals surface area contributed by atoms with E-state index in [4.69, 9.17) is 0 Å². The minimum absolute atomic E-state index is 0.0173. The van der Waals surface area contributed by atoms with Gasteiger partial charge in [0.25, 0.3) is 0 Å². The minimum atomic E-state index is -4.32. The Balaban J connectivity index is 1.56. The third kappa shape index (κ3) is 5.71. The fourth-order valence-corrected chi connectivity index (χ4v) is 3.43. The molecule has 0 spiro atoms. The molecule has 0 saturated heterocycles. The molecule has 0 fully saturated rings. The van der Waals surface area contributed by atoms with Crippen LogP contribution in [-0.2, 0) is 19.1 Å². The zero-order valence-electron chi connectivity index (χ0n) is 16.7. The van der Waals surface area contributed by atoms with Crippen molar-refractivity contribution in [3.63, 3.8) is 0 Å². The Morgan fingerprint density at radius 1 is 1.38 bits per heavy atom. The molecule has 1 aliphatic rings. The third-order valence-electron chi connectivity index (χ3n) is 5.11. The van der Waals surface area contributed by atoms with E-state index in [1.54, 1.807) is 12.4 Å². The number of aromatic nitrogens is 3. The van der Waals surface area contributed by atoms with Gasteiger partial charge in [-0.2, -0.15) is 18.3 Å². The summed E-state index contributed by atoms with van der Waals surface area (Å²) in [4.78, 5) is 8.85. The van der Waals surface area contributed by atoms with E-state index in [2.05, 4.69) is 25.7 Å². The summed E-state index contributed by atoms with van der Waals surface area (Å²) in [6.45, 7) is 5.92. The normalized spacial score (nSPS) is 18.2. The van der Waals surface area contributed by atoms with Crippen molar-refractivity contribution < 1.29 is 13.2 Å². The van der Waals surface area contributed by atoms with Gasteiger partial charge in [0.05, 0.1) is 12.1 Å². The van der Waals surface area contributed by atoms with Gasteiger partial charge < -0.3 is 10.6 Å². The van der Waals surface area contributed by atoms with Crippen LogP contribution in [0.15, 0.2) is 35.6 Å². The molecule has 1 aromatic carbocycles. The Morgan fingerprint density at radius 2 is 2.21 bits per heavy atom. The van der Waals surface area contributed by atoms with E-state index in [-0.39, 0.29) is 12.0 Å². The predicted octanol–water partition coefficient (Wildman–Crippen LogP) is 3.36. The Morgan fingerprint density at radius 3 is 2.97 bits per heavy atom. The van der Waals surface area contributed by atoms with Gasteiger partial charge in [0, 0.05) is 25.6 Å². The first kappa shape index (κ1) is 21.1. The quantitative estimate of drug-likeness (QED) is 0.568. The molecule has 9 heteroatoms. The van der Waals surface area contributed by atoms with Crippen molar-refractivity contribution in [2.24, 2.45) is 4.99 Å². The van der Waals surface area contributed by atoms with Crippen LogP contribution >= 0.6 is 0 Å². The van der Waals surface area contributed by atoms with Gasteiger partial charge in [0.1, 0.15) is 12.2 Å². The zero-order valence-corrected chi connectivity index (χ0v) is 16.7. The summed E-state index contributed by atoms with van der Waals surface area (Å²) >= 11 is 0. The van der Waals surface area contributed by atoms with Crippen molar-refractivity contribution in [3.8, 4) is 0 Å². The third-order valence-corrected chi connectivity index (χ3v) is 5.11. The van der Waals surface area contributed by atoms with Crippen molar-refractivity contribution in [2.45, 2.75) is 57.8 Å². The van der Waals surface area contributed by atoms with E-state index in [1.807, 2.05) is 18.5 Å². The summed E-state index contributed by atoms with van der Waals surface area (Å²) in [7, 11) is 0. The van der Waals surface area contributed by atoms with Gasteiger partial charge in [-0.3, -0.25) is 4.99 Å². The number of alkyl halides is 3. The van der Waals surface area contributed by atoms with Crippen LogP contribution in [0, 0.1) is 0 Å². The first-order chi connectivity index (χ1) is 13.9. The number of fused-ring (bicyclic) bond motifs is 1. The van der Waals surface area contributed by atoms with Gasteiger partial charge in [-0.05, 0) is 37.3 Å². The highest BCUT2D eigenvalue weighted by Crippen LogP contribution is 2.31. The van der Waals surface area contributed by atoms with Crippen LogP contribution in [0.5, 0.6) is 0 Å². The number of guanidine groups is 1. The molecule has 3 rings (SSSR count). The highest BCUT2D eigenvalue weighted by atomic mass is 19.4. The van der Waals surface area contributed by atoms with Crippen LogP contribution in [0.4, 0.5) is 13.2 Å². The Labute approximate surface area is 168 Å². The Hall–Kier alpha value is -2.58. The smallest absolute Gasteiger partial charge is 0.357 e. The van der Waals surface area contributed by atoms with Gasteiger partial charge >= 0.3 is 6.18 Å². The molecule has 0 aliphatic carbocycles. The zero-order chi connectivity index (χ0) is 20.9. The molecule has 0 bridgehead atoms. The van der Waals surface area contributed by atoms with Gasteiger partial charge in [-0.15, -0.1) is 0 Å². The first-order valence-corrected chi connectivity index (χ1v) is 9.95. The topological polar surface area (TPSA) is 67.1 Å². The maximum Gasteiger partial charge on any atom is 0.416 e. The number of nitrogens with one attached hydrogen (secondary N) is 2. The summed E-state index contributed by atoms with van der Waals surface area (Å²) in [5.74, 6) is 1.70. The summed E-state index contributed by atoms with van der Waals surface area (Å²) < 4.78 is 40.7. The molecule has 2 atom stereocenters. The molecule has 158 valence electrons. The average molecular weight is 408 g/mol. The minimum Gasteiger partial charge on any atom is -0.357 e. The number of rotatable bonds is 6. The molecular formula is C20H27F3N6. The summed E-state index contributed by atoms with van der Waals surface area (Å²) in [6.07, 6.45) is -0.269. The molecule has 0 amide bonds. The Kier molecular flexibility index (Phi) is 6.76. The van der Waals surface area contributed by atoms with E-state index < -0.39 is 11.7 Å². The summed E-state index contributed by atoms with van der Waals surface area (Å²) in [5, 5.41) is 10.9. The van der Waals surface area contributed by atoms with E-state index >= 15 is 0 Å². The number of hydrogen-bond acceptors (Lipinski definition) is 3. The van der Waals surface area contributed by atoms with Crippen LogP contribution in [-0.4, -0.2) is 39.9 Å². The van der Waals surface area contributed by atoms with Crippen LogP contribution in [0.2, 0.25) is 0 Å². The number of halogens is 3. The second-order valence-corrected chi connectivity index (χ2v) is 7.31. The SMILES string of the molecule is CCNC(=NCCC(C)c1cccc(C(F)(F)F)c1)NC1CCc2ncnn2C1. The molecular weight excluding hydrogens is 381 g/mol. The summed E-state index contributed by atoms with van der Waals surface area (Å²) in [6, 6.07) is 5.75. The lowest BCUT2D eigenvalue weighted by atomic mass is 9.96. The van der Waals surface area contributed by atoms with Gasteiger partial charge in [0.2, 0.25) is 0 Å². The number of benzene rings is 1. The number of nitrogens with zero attached hydrogens (tertiary/aromatic N) is 4. The van der Waals surface area contributed by atoms with E-state index in [0.717, 1.165) is 43.8 Å². The summed E-state index contributed by atoms with van der Waals surface area (Å²) in [5.41, 5.74) is 0.0733. The maximum atomic E-state index is 12.9. The second-order valence-electron chi connectivity index (χ2n) is 7.31. The van der Waals surface area contributed by atoms with Crippen LogP contribution in [0.1, 0.15) is 49.6 Å². The molecule has 1 aromatic heterocycles. The van der Waals surface area contributed by atoms with E-state index in [1.165, 1.54) is 12.1 Å². The lowest BCUT2D eigenvalue weighted by Gasteiger charge is -2.25. The monoisotopic (exact) mass is 408 g/mol. The van der Waals surface area contributed by atoms with Crippen LogP contribution in [0.3, 0.4) is 0 Å². The molecule has 0 saturated carbocycles. The molecule has 0 radical (unpaired) electrons. The lowest BCUT2D eigenvalue weighted by Crippen LogP contribution is -2.47. The van der Waals surface area contributed by atoms with Gasteiger partial charge in [-0.1, -0.05) is 25.1 Å². The van der Waals surface area contributed by atoms with Crippen LogP contribution in [0.25, 0.3) is 0 Å². The molecule has 29 heavy (non-hydrogen) atoms. The molecule has 1 aliphatic heterocycles. The van der Waals surface area contributed by atoms with Crippen LogP contribution < -0.4 is 10.6 Å². The predicted molar refractivity (Wildman–Crippen MR) is 106 cm³/mol. The highest BCUT2D eigenvalue weighted by Gasteiger charge is 2.30. The molecule has 2 aromatic rings. The highest BCUT2D eigenvalue weighted by molar-refractivity contribution is 5.80. The lowest BCUT2D eigenvalue weighted by molar-refractivity contribution is -0.137. The second kappa shape index (κ2) is 9.28. The average Bonchev–Trinajstić information content (AvgIpc) is 3.15. The van der Waals surface area contributed by atoms with Crippen molar-refractivity contribution in [2.75, 3.05) is 13.1 Å². The molecule has 2 heterocycles. The van der Waals surface area contributed by atoms with Crippen molar-refractivity contribution in [1.29, 1.82) is 0 Å². The Bertz CT molecular complexity index is 830. The number of aryl methyl sites for hydroxylation is 1. The fraction of sp³-hybridized carbons (Fsp3) is 0.550. The fourth-order valence-electron chi connectivity index (χ4n) is 3.43. The molecule has 2 N–H and O–H groups in total. The van der Waals surface area contributed by atoms with E-state index in [9.17, 15) is 13.2 Å². The largest absolute Gasteiger partial charge is 0.416 e. The van der Waals surface area contributed by atoms with E-state index in [0.29, 0.717) is 18.5 Å². The number of hydrogen-bond donors (Lipinski definition) is 2. The van der Waals surface area contributed by atoms with Gasteiger partial charge in [-0.25, -0.2) is 9.67 Å². The number of aliphatic imine (C=N–C) groups is 1.